The van der Waals surface area contributed by atoms with Crippen LogP contribution in [0.1, 0.15) is 33.1 Å². The first kappa shape index (κ1) is 23.9. The molecule has 1 aliphatic rings. The van der Waals surface area contributed by atoms with Crippen molar-refractivity contribution in [1.82, 2.24) is 20.5 Å². The number of pyridine rings is 1. The van der Waals surface area contributed by atoms with Crippen LogP contribution in [0, 0.1) is 5.82 Å². The molecule has 154 valence electrons. The van der Waals surface area contributed by atoms with Gasteiger partial charge in [0.1, 0.15) is 0 Å². The average Bonchev–Trinajstić information content (AvgIpc) is 3.08. The Bertz CT molecular complexity index is 583. The number of hydrogen-bond acceptors (Lipinski definition) is 4. The van der Waals surface area contributed by atoms with Crippen molar-refractivity contribution >= 4 is 35.8 Å². The van der Waals surface area contributed by atoms with E-state index in [1.165, 1.54) is 6.07 Å². The van der Waals surface area contributed by atoms with Crippen molar-refractivity contribution < 1.29 is 4.39 Å². The summed E-state index contributed by atoms with van der Waals surface area (Å²) in [6.07, 6.45) is 4.84. The molecule has 1 aromatic heterocycles. The van der Waals surface area contributed by atoms with Crippen LogP contribution in [-0.4, -0.2) is 68.2 Å². The van der Waals surface area contributed by atoms with Crippen molar-refractivity contribution in [3.05, 3.63) is 24.1 Å². The minimum absolute atomic E-state index is 0. The number of hydrogen-bond donors (Lipinski definition) is 2. The highest BCUT2D eigenvalue weighted by atomic mass is 127. The summed E-state index contributed by atoms with van der Waals surface area (Å²) in [7, 11) is 3.95. The van der Waals surface area contributed by atoms with Crippen LogP contribution in [0.25, 0.3) is 0 Å². The van der Waals surface area contributed by atoms with Crippen LogP contribution < -0.4 is 15.5 Å². The lowest BCUT2D eigenvalue weighted by Gasteiger charge is -2.21. The summed E-state index contributed by atoms with van der Waals surface area (Å²) in [6.45, 7) is 7.96. The predicted octanol–water partition coefficient (Wildman–Crippen LogP) is 2.70. The first-order valence-corrected chi connectivity index (χ1v) is 9.54. The Kier molecular flexibility index (Phi) is 10.9. The molecule has 0 amide bonds. The molecule has 0 aromatic carbocycles. The molecule has 0 aliphatic carbocycles. The van der Waals surface area contributed by atoms with Gasteiger partial charge in [0.2, 0.25) is 0 Å². The van der Waals surface area contributed by atoms with Gasteiger partial charge in [0.05, 0.1) is 0 Å². The molecule has 0 spiro atoms. The van der Waals surface area contributed by atoms with E-state index < -0.39 is 0 Å². The summed E-state index contributed by atoms with van der Waals surface area (Å²) in [6, 6.07) is 3.91. The molecular formula is C19H34FIN6. The molecule has 27 heavy (non-hydrogen) atoms. The molecular weight excluding hydrogens is 458 g/mol. The molecule has 1 fully saturated rings. The summed E-state index contributed by atoms with van der Waals surface area (Å²) in [5, 5.41) is 6.82. The minimum Gasteiger partial charge on any atom is -0.356 e. The van der Waals surface area contributed by atoms with Gasteiger partial charge < -0.3 is 20.4 Å². The van der Waals surface area contributed by atoms with Crippen LogP contribution >= 0.6 is 24.0 Å². The topological polar surface area (TPSA) is 55.8 Å². The van der Waals surface area contributed by atoms with Gasteiger partial charge in [-0.15, -0.1) is 24.0 Å². The van der Waals surface area contributed by atoms with Gasteiger partial charge in [-0.1, -0.05) is 0 Å². The third kappa shape index (κ3) is 7.77. The van der Waals surface area contributed by atoms with Crippen LogP contribution in [0.3, 0.4) is 0 Å². The molecule has 1 aromatic rings. The monoisotopic (exact) mass is 492 g/mol. The van der Waals surface area contributed by atoms with Crippen molar-refractivity contribution in [3.63, 3.8) is 0 Å². The van der Waals surface area contributed by atoms with Crippen molar-refractivity contribution in [3.8, 4) is 0 Å². The van der Waals surface area contributed by atoms with E-state index in [1.807, 2.05) is 4.90 Å². The number of halogens is 2. The number of anilines is 1. The first-order chi connectivity index (χ1) is 12.5. The van der Waals surface area contributed by atoms with Crippen molar-refractivity contribution in [1.29, 1.82) is 0 Å². The lowest BCUT2D eigenvalue weighted by molar-refractivity contribution is 0.268. The van der Waals surface area contributed by atoms with Crippen LogP contribution in [0.4, 0.5) is 10.2 Å². The number of rotatable bonds is 8. The summed E-state index contributed by atoms with van der Waals surface area (Å²) in [5.74, 6) is 0.992. The van der Waals surface area contributed by atoms with Gasteiger partial charge >= 0.3 is 0 Å². The predicted molar refractivity (Wildman–Crippen MR) is 122 cm³/mol. The number of nitrogens with one attached hydrogen (secondary N) is 2. The number of nitrogens with zero attached hydrogens (tertiary/aromatic N) is 4. The van der Waals surface area contributed by atoms with Crippen LogP contribution in [0.5, 0.6) is 0 Å². The van der Waals surface area contributed by atoms with Crippen LogP contribution in [-0.2, 0) is 0 Å². The largest absolute Gasteiger partial charge is 0.356 e. The van der Waals surface area contributed by atoms with Crippen molar-refractivity contribution in [2.75, 3.05) is 45.2 Å². The highest BCUT2D eigenvalue weighted by Gasteiger charge is 2.25. The van der Waals surface area contributed by atoms with Crippen molar-refractivity contribution in [2.45, 2.75) is 45.2 Å². The second-order valence-electron chi connectivity index (χ2n) is 7.17. The molecule has 2 rings (SSSR count). The second kappa shape index (κ2) is 12.3. The maximum atomic E-state index is 13.9. The van der Waals surface area contributed by atoms with E-state index >= 15 is 0 Å². The molecule has 1 atom stereocenters. The molecule has 0 saturated carbocycles. The summed E-state index contributed by atoms with van der Waals surface area (Å²) >= 11 is 0. The zero-order chi connectivity index (χ0) is 18.9. The Balaban J connectivity index is 0.00000364. The maximum absolute atomic E-state index is 13.9. The Morgan fingerprint density at radius 1 is 1.44 bits per heavy atom. The SMILES string of the molecule is CN=C(NCCCCN(C)C(C)C)NC1CCN(c2ncccc2F)C1.I. The molecule has 2 N–H and O–H groups in total. The van der Waals surface area contributed by atoms with Crippen LogP contribution in [0.15, 0.2) is 23.3 Å². The third-order valence-corrected chi connectivity index (χ3v) is 4.90. The summed E-state index contributed by atoms with van der Waals surface area (Å²) in [4.78, 5) is 12.8. The normalized spacial score (nSPS) is 17.4. The summed E-state index contributed by atoms with van der Waals surface area (Å²) < 4.78 is 13.9. The second-order valence-corrected chi connectivity index (χ2v) is 7.17. The number of guanidine groups is 1. The first-order valence-electron chi connectivity index (χ1n) is 9.54. The van der Waals surface area contributed by atoms with Gasteiger partial charge in [0.25, 0.3) is 0 Å². The standard InChI is InChI=1S/C19H33FN6.HI/c1-15(2)25(4)12-6-5-10-23-19(21-3)24-16-9-13-26(14-16)18-17(20)8-7-11-22-18;/h7-8,11,15-16H,5-6,9-10,12-14H2,1-4H3,(H2,21,23,24);1H. The fraction of sp³-hybridized carbons (Fsp3) is 0.684. The Labute approximate surface area is 180 Å². The van der Waals surface area contributed by atoms with E-state index in [0.717, 1.165) is 51.4 Å². The molecule has 1 aliphatic heterocycles. The molecule has 8 heteroatoms. The fourth-order valence-electron chi connectivity index (χ4n) is 3.02. The quantitative estimate of drug-likeness (QED) is 0.253. The van der Waals surface area contributed by atoms with E-state index in [-0.39, 0.29) is 35.8 Å². The van der Waals surface area contributed by atoms with Gasteiger partial charge in [-0.3, -0.25) is 4.99 Å². The zero-order valence-corrected chi connectivity index (χ0v) is 19.2. The third-order valence-electron chi connectivity index (χ3n) is 4.90. The van der Waals surface area contributed by atoms with E-state index in [1.54, 1.807) is 19.3 Å². The Hall–Kier alpha value is -1.16. The van der Waals surface area contributed by atoms with Gasteiger partial charge in [-0.05, 0) is 58.8 Å². The van der Waals surface area contributed by atoms with Crippen LogP contribution in [0.2, 0.25) is 0 Å². The number of unbranched alkanes of at least 4 members (excludes halogenated alkanes) is 1. The van der Waals surface area contributed by atoms with E-state index in [4.69, 9.17) is 0 Å². The minimum atomic E-state index is -0.262. The highest BCUT2D eigenvalue weighted by Crippen LogP contribution is 2.20. The smallest absolute Gasteiger partial charge is 0.191 e. The zero-order valence-electron chi connectivity index (χ0n) is 16.9. The average molecular weight is 492 g/mol. The Morgan fingerprint density at radius 2 is 2.22 bits per heavy atom. The molecule has 0 bridgehead atoms. The molecule has 6 nitrogen and oxygen atoms in total. The van der Waals surface area contributed by atoms with Gasteiger partial charge in [-0.25, -0.2) is 9.37 Å². The molecule has 2 heterocycles. The van der Waals surface area contributed by atoms with Gasteiger partial charge in [0, 0.05) is 45.0 Å². The van der Waals surface area contributed by atoms with Gasteiger partial charge in [0.15, 0.2) is 17.6 Å². The van der Waals surface area contributed by atoms with E-state index in [2.05, 4.69) is 46.4 Å². The molecule has 0 radical (unpaired) electrons. The van der Waals surface area contributed by atoms with E-state index in [0.29, 0.717) is 11.9 Å². The van der Waals surface area contributed by atoms with E-state index in [9.17, 15) is 4.39 Å². The Morgan fingerprint density at radius 3 is 2.89 bits per heavy atom. The highest BCUT2D eigenvalue weighted by molar-refractivity contribution is 14.0. The maximum Gasteiger partial charge on any atom is 0.191 e. The van der Waals surface area contributed by atoms with Gasteiger partial charge in [-0.2, -0.15) is 0 Å². The fourth-order valence-corrected chi connectivity index (χ4v) is 3.02. The number of aliphatic imine (C=N–C) groups is 1. The molecule has 1 unspecified atom stereocenters. The number of aromatic nitrogens is 1. The molecule has 1 saturated heterocycles. The lowest BCUT2D eigenvalue weighted by Crippen LogP contribution is -2.45. The lowest BCUT2D eigenvalue weighted by atomic mass is 10.2. The van der Waals surface area contributed by atoms with Crippen molar-refractivity contribution in [2.24, 2.45) is 4.99 Å². The summed E-state index contributed by atoms with van der Waals surface area (Å²) in [5.41, 5.74) is 0.